The van der Waals surface area contributed by atoms with E-state index in [1.54, 1.807) is 36.4 Å². The minimum Gasteiger partial charge on any atom is -0.494 e. The normalized spacial score (nSPS) is 11.9. The van der Waals surface area contributed by atoms with E-state index in [0.29, 0.717) is 23.0 Å². The minimum absolute atomic E-state index is 0.0824. The summed E-state index contributed by atoms with van der Waals surface area (Å²) in [6.45, 7) is 2.49. The van der Waals surface area contributed by atoms with E-state index in [1.165, 1.54) is 23.1 Å². The van der Waals surface area contributed by atoms with Gasteiger partial charge in [0.05, 0.1) is 16.8 Å². The summed E-state index contributed by atoms with van der Waals surface area (Å²) < 4.78 is 6.54. The SMILES string of the molecule is CCOc1ccc2nc(NC(=O)C(Sc3cccc(NC(=O)/C(=C\c4cccc5ccccc45)NC(=O)c4ccccc4)c3)c3ccccc3)sc2c1. The summed E-state index contributed by atoms with van der Waals surface area (Å²) in [5.41, 5.74) is 3.38. The molecule has 0 radical (unpaired) electrons. The highest BCUT2D eigenvalue weighted by Gasteiger charge is 2.24. The fourth-order valence-electron chi connectivity index (χ4n) is 5.74. The topological polar surface area (TPSA) is 109 Å². The first-order chi connectivity index (χ1) is 25.9. The Morgan fingerprint density at radius 1 is 0.792 bits per heavy atom. The molecule has 10 heteroatoms. The molecule has 0 aliphatic heterocycles. The van der Waals surface area contributed by atoms with Crippen LogP contribution in [0.4, 0.5) is 10.8 Å². The second-order valence-electron chi connectivity index (χ2n) is 11.9. The summed E-state index contributed by atoms with van der Waals surface area (Å²) in [4.78, 5) is 46.5. The average molecular weight is 735 g/mol. The number of rotatable bonds is 12. The highest BCUT2D eigenvalue weighted by Crippen LogP contribution is 2.38. The Bertz CT molecular complexity index is 2440. The van der Waals surface area contributed by atoms with Crippen molar-refractivity contribution in [2.45, 2.75) is 17.1 Å². The van der Waals surface area contributed by atoms with Gasteiger partial charge in [-0.25, -0.2) is 4.98 Å². The first-order valence-electron chi connectivity index (χ1n) is 17.0. The van der Waals surface area contributed by atoms with Crippen LogP contribution in [0.5, 0.6) is 5.75 Å². The van der Waals surface area contributed by atoms with Crippen molar-refractivity contribution < 1.29 is 19.1 Å². The smallest absolute Gasteiger partial charge is 0.272 e. The number of carbonyl (C=O) groups excluding carboxylic acids is 3. The zero-order chi connectivity index (χ0) is 36.6. The number of anilines is 2. The van der Waals surface area contributed by atoms with E-state index in [2.05, 4.69) is 20.9 Å². The Morgan fingerprint density at radius 2 is 1.53 bits per heavy atom. The second kappa shape index (κ2) is 16.4. The van der Waals surface area contributed by atoms with Crippen LogP contribution < -0.4 is 20.7 Å². The third-order valence-electron chi connectivity index (χ3n) is 8.24. The molecule has 3 N–H and O–H groups in total. The Morgan fingerprint density at radius 3 is 2.34 bits per heavy atom. The Kier molecular flexibility index (Phi) is 10.9. The third-order valence-corrected chi connectivity index (χ3v) is 10.4. The van der Waals surface area contributed by atoms with E-state index >= 15 is 0 Å². The summed E-state index contributed by atoms with van der Waals surface area (Å²) in [6, 6.07) is 44.9. The van der Waals surface area contributed by atoms with Gasteiger partial charge in [-0.1, -0.05) is 108 Å². The fraction of sp³-hybridized carbons (Fsp3) is 0.0698. The Hall–Kier alpha value is -6.23. The van der Waals surface area contributed by atoms with Crippen molar-refractivity contribution in [3.8, 4) is 5.75 Å². The van der Waals surface area contributed by atoms with Gasteiger partial charge in [0, 0.05) is 16.1 Å². The molecule has 1 unspecified atom stereocenters. The lowest BCUT2D eigenvalue weighted by atomic mass is 10.0. The maximum Gasteiger partial charge on any atom is 0.272 e. The number of thioether (sulfide) groups is 1. The quantitative estimate of drug-likeness (QED) is 0.0852. The molecular formula is C43H34N4O4S2. The minimum atomic E-state index is -0.625. The molecule has 0 aliphatic carbocycles. The molecule has 1 atom stereocenters. The Balaban J connectivity index is 1.13. The van der Waals surface area contributed by atoms with Gasteiger partial charge in [0.2, 0.25) is 5.91 Å². The van der Waals surface area contributed by atoms with Crippen molar-refractivity contribution in [2.24, 2.45) is 0 Å². The molecule has 0 saturated heterocycles. The molecule has 0 bridgehead atoms. The number of ether oxygens (including phenoxy) is 1. The molecule has 1 heterocycles. The average Bonchev–Trinajstić information content (AvgIpc) is 3.59. The molecule has 8 nitrogen and oxygen atoms in total. The molecule has 7 aromatic rings. The maximum absolute atomic E-state index is 13.9. The standard InChI is InChI=1S/C43H34N4O4S2/c1-2-51-33-23-24-36-38(27-33)53-43(46-36)47-42(50)39(29-14-5-3-6-15-29)52-34-21-12-20-32(26-34)44-41(49)37(45-40(48)30-16-7-4-8-17-30)25-31-19-11-18-28-13-9-10-22-35(28)31/h3-27,39H,2H2,1H3,(H,44,49)(H,45,48)(H,46,47,50)/b37-25+. The molecule has 0 fully saturated rings. The maximum atomic E-state index is 13.9. The number of nitrogens with one attached hydrogen (secondary N) is 3. The number of amides is 3. The van der Waals surface area contributed by atoms with Gasteiger partial charge in [0.15, 0.2) is 5.13 Å². The zero-order valence-electron chi connectivity index (χ0n) is 28.6. The van der Waals surface area contributed by atoms with E-state index in [4.69, 9.17) is 4.74 Å². The van der Waals surface area contributed by atoms with E-state index in [9.17, 15) is 14.4 Å². The van der Waals surface area contributed by atoms with Gasteiger partial charge in [-0.2, -0.15) is 0 Å². The predicted molar refractivity (Wildman–Crippen MR) is 215 cm³/mol. The number of carbonyl (C=O) groups is 3. The van der Waals surface area contributed by atoms with Crippen molar-refractivity contribution >= 4 is 78.7 Å². The summed E-state index contributed by atoms with van der Waals surface area (Å²) in [6.07, 6.45) is 1.69. The lowest BCUT2D eigenvalue weighted by Gasteiger charge is -2.17. The van der Waals surface area contributed by atoms with Gasteiger partial charge in [-0.3, -0.25) is 14.4 Å². The molecule has 0 aliphatic rings. The van der Waals surface area contributed by atoms with Crippen LogP contribution in [0.1, 0.15) is 33.7 Å². The largest absolute Gasteiger partial charge is 0.494 e. The van der Waals surface area contributed by atoms with E-state index in [1.807, 2.05) is 122 Å². The Labute approximate surface area is 314 Å². The van der Waals surface area contributed by atoms with Crippen LogP contribution in [-0.2, 0) is 9.59 Å². The molecular weight excluding hydrogens is 701 g/mol. The van der Waals surface area contributed by atoms with Gasteiger partial charge in [-0.15, -0.1) is 11.8 Å². The number of hydrogen-bond acceptors (Lipinski definition) is 7. The van der Waals surface area contributed by atoms with Gasteiger partial charge < -0.3 is 20.7 Å². The first kappa shape index (κ1) is 35.2. The van der Waals surface area contributed by atoms with Crippen molar-refractivity contribution in [1.82, 2.24) is 10.3 Å². The highest BCUT2D eigenvalue weighted by molar-refractivity contribution is 8.00. The third kappa shape index (κ3) is 8.64. The van der Waals surface area contributed by atoms with Crippen LogP contribution in [-0.4, -0.2) is 29.3 Å². The number of aromatic nitrogens is 1. The predicted octanol–water partition coefficient (Wildman–Crippen LogP) is 9.73. The monoisotopic (exact) mass is 734 g/mol. The molecule has 0 saturated carbocycles. The van der Waals surface area contributed by atoms with Crippen molar-refractivity contribution in [3.05, 3.63) is 168 Å². The molecule has 1 aromatic heterocycles. The fourth-order valence-corrected chi connectivity index (χ4v) is 7.72. The summed E-state index contributed by atoms with van der Waals surface area (Å²) in [7, 11) is 0. The second-order valence-corrected chi connectivity index (χ2v) is 14.1. The van der Waals surface area contributed by atoms with Crippen molar-refractivity contribution in [2.75, 3.05) is 17.2 Å². The molecule has 0 spiro atoms. The molecule has 6 aromatic carbocycles. The van der Waals surface area contributed by atoms with Crippen molar-refractivity contribution in [3.63, 3.8) is 0 Å². The van der Waals surface area contributed by atoms with Gasteiger partial charge >= 0.3 is 0 Å². The molecule has 53 heavy (non-hydrogen) atoms. The van der Waals surface area contributed by atoms with Crippen LogP contribution in [0.15, 0.2) is 156 Å². The summed E-state index contributed by atoms with van der Waals surface area (Å²) >= 11 is 2.74. The van der Waals surface area contributed by atoms with Crippen molar-refractivity contribution in [1.29, 1.82) is 0 Å². The zero-order valence-corrected chi connectivity index (χ0v) is 30.2. The van der Waals surface area contributed by atoms with Gasteiger partial charge in [-0.05, 0) is 83.4 Å². The molecule has 7 rings (SSSR count). The summed E-state index contributed by atoms with van der Waals surface area (Å²) in [5, 5.41) is 10.6. The van der Waals surface area contributed by atoms with Crippen LogP contribution in [0.2, 0.25) is 0 Å². The summed E-state index contributed by atoms with van der Waals surface area (Å²) in [5.74, 6) is -0.384. The van der Waals surface area contributed by atoms with E-state index in [0.717, 1.165) is 42.8 Å². The van der Waals surface area contributed by atoms with Gasteiger partial charge in [0.25, 0.3) is 11.8 Å². The van der Waals surface area contributed by atoms with Crippen LogP contribution >= 0.6 is 23.1 Å². The van der Waals surface area contributed by atoms with Gasteiger partial charge in [0.1, 0.15) is 16.7 Å². The van der Waals surface area contributed by atoms with Crippen LogP contribution in [0, 0.1) is 0 Å². The number of hydrogen-bond donors (Lipinski definition) is 3. The number of nitrogens with zero attached hydrogens (tertiary/aromatic N) is 1. The lowest BCUT2D eigenvalue weighted by Crippen LogP contribution is -2.30. The highest BCUT2D eigenvalue weighted by atomic mass is 32.2. The lowest BCUT2D eigenvalue weighted by molar-refractivity contribution is -0.116. The number of thiazole rings is 1. The van der Waals surface area contributed by atoms with Crippen LogP contribution in [0.25, 0.3) is 27.1 Å². The number of benzene rings is 6. The van der Waals surface area contributed by atoms with Crippen LogP contribution in [0.3, 0.4) is 0 Å². The van der Waals surface area contributed by atoms with E-state index < -0.39 is 17.1 Å². The first-order valence-corrected chi connectivity index (χ1v) is 18.7. The van der Waals surface area contributed by atoms with E-state index in [-0.39, 0.29) is 11.6 Å². The molecule has 3 amide bonds. The number of fused-ring (bicyclic) bond motifs is 2. The molecule has 262 valence electrons.